The molecular weight excluding hydrogens is 236 g/mol. The van der Waals surface area contributed by atoms with E-state index >= 15 is 0 Å². The maximum atomic E-state index is 11.3. The summed E-state index contributed by atoms with van der Waals surface area (Å²) in [7, 11) is 4.39. The normalized spacial score (nSPS) is 11.6. The molecule has 1 rings (SSSR count). The van der Waals surface area contributed by atoms with Crippen LogP contribution in [0.5, 0.6) is 11.5 Å². The van der Waals surface area contributed by atoms with E-state index in [4.69, 9.17) is 15.2 Å². The number of nitrogens with one attached hydrogen (secondary N) is 1. The Morgan fingerprint density at radius 2 is 1.78 bits per heavy atom. The molecular formula is C12H18N2O4. The van der Waals surface area contributed by atoms with E-state index in [0.29, 0.717) is 22.9 Å². The molecule has 6 nitrogen and oxygen atoms in total. The fourth-order valence-electron chi connectivity index (χ4n) is 1.49. The Kier molecular flexibility index (Phi) is 4.65. The number of benzene rings is 1. The fourth-order valence-corrected chi connectivity index (χ4v) is 1.49. The van der Waals surface area contributed by atoms with Crippen LogP contribution in [-0.4, -0.2) is 33.3 Å². The van der Waals surface area contributed by atoms with Crippen LogP contribution in [0.3, 0.4) is 0 Å². The predicted molar refractivity (Wildman–Crippen MR) is 69.1 cm³/mol. The summed E-state index contributed by atoms with van der Waals surface area (Å²) in [4.78, 5) is 11.3. The first-order valence-electron chi connectivity index (χ1n) is 5.39. The van der Waals surface area contributed by atoms with Gasteiger partial charge in [0.25, 0.3) is 0 Å². The Bertz CT molecular complexity index is 434. The first kappa shape index (κ1) is 14.0. The van der Waals surface area contributed by atoms with E-state index in [0.717, 1.165) is 0 Å². The average Bonchev–Trinajstić information content (AvgIpc) is 2.39. The second-order valence-electron chi connectivity index (χ2n) is 3.68. The number of nitrogen functional groups attached to an aromatic ring is 1. The van der Waals surface area contributed by atoms with Crippen molar-refractivity contribution in [2.75, 3.05) is 32.4 Å². The largest absolute Gasteiger partial charge is 0.493 e. The molecule has 0 saturated heterocycles. The van der Waals surface area contributed by atoms with Crippen LogP contribution in [0.1, 0.15) is 6.92 Å². The van der Waals surface area contributed by atoms with Crippen molar-refractivity contribution in [3.8, 4) is 11.5 Å². The molecule has 0 aliphatic carbocycles. The minimum absolute atomic E-state index is 0.371. The van der Waals surface area contributed by atoms with Gasteiger partial charge < -0.3 is 25.3 Å². The van der Waals surface area contributed by atoms with Gasteiger partial charge in [-0.25, -0.2) is 4.79 Å². The molecule has 100 valence electrons. The molecule has 0 aliphatic rings. The highest BCUT2D eigenvalue weighted by Gasteiger charge is 2.16. The summed E-state index contributed by atoms with van der Waals surface area (Å²) in [6.07, 6.45) is 0. The highest BCUT2D eigenvalue weighted by atomic mass is 16.5. The molecule has 1 atom stereocenters. The third kappa shape index (κ3) is 2.97. The van der Waals surface area contributed by atoms with Crippen molar-refractivity contribution >= 4 is 17.3 Å². The standard InChI is InChI=1S/C12H18N2O4/c1-7(12(15)18-4)14-9-6-11(17-3)10(16-2)5-8(9)13/h5-7,14H,13H2,1-4H3. The molecule has 0 fully saturated rings. The lowest BCUT2D eigenvalue weighted by atomic mass is 10.2. The molecule has 0 radical (unpaired) electrons. The van der Waals surface area contributed by atoms with Gasteiger partial charge in [-0.05, 0) is 6.92 Å². The zero-order valence-electron chi connectivity index (χ0n) is 10.9. The summed E-state index contributed by atoms with van der Waals surface area (Å²) in [5.41, 5.74) is 6.91. The SMILES string of the molecule is COC(=O)C(C)Nc1cc(OC)c(OC)cc1N. The number of hydrogen-bond donors (Lipinski definition) is 2. The van der Waals surface area contributed by atoms with Gasteiger partial charge in [0.05, 0.1) is 32.7 Å². The topological polar surface area (TPSA) is 82.8 Å². The molecule has 0 saturated carbocycles. The van der Waals surface area contributed by atoms with Crippen molar-refractivity contribution in [3.05, 3.63) is 12.1 Å². The first-order valence-corrected chi connectivity index (χ1v) is 5.39. The van der Waals surface area contributed by atoms with Crippen LogP contribution in [-0.2, 0) is 9.53 Å². The number of carbonyl (C=O) groups is 1. The number of rotatable bonds is 5. The van der Waals surface area contributed by atoms with Crippen LogP contribution in [0.15, 0.2) is 12.1 Å². The third-order valence-electron chi connectivity index (χ3n) is 2.48. The zero-order chi connectivity index (χ0) is 13.7. The minimum Gasteiger partial charge on any atom is -0.493 e. The second kappa shape index (κ2) is 6.00. The third-order valence-corrected chi connectivity index (χ3v) is 2.48. The molecule has 0 bridgehead atoms. The van der Waals surface area contributed by atoms with Gasteiger partial charge in [-0.15, -0.1) is 0 Å². The monoisotopic (exact) mass is 254 g/mol. The molecule has 1 aromatic carbocycles. The number of hydrogen-bond acceptors (Lipinski definition) is 6. The van der Waals surface area contributed by atoms with E-state index in [2.05, 4.69) is 10.1 Å². The fraction of sp³-hybridized carbons (Fsp3) is 0.417. The van der Waals surface area contributed by atoms with Crippen molar-refractivity contribution in [2.24, 2.45) is 0 Å². The van der Waals surface area contributed by atoms with E-state index in [1.165, 1.54) is 21.3 Å². The van der Waals surface area contributed by atoms with Crippen LogP contribution in [0.4, 0.5) is 11.4 Å². The molecule has 0 heterocycles. The van der Waals surface area contributed by atoms with Gasteiger partial charge in [0.2, 0.25) is 0 Å². The Morgan fingerprint density at radius 3 is 2.28 bits per heavy atom. The Labute approximate surface area is 106 Å². The summed E-state index contributed by atoms with van der Waals surface area (Å²) in [6, 6.07) is 2.80. The number of esters is 1. The van der Waals surface area contributed by atoms with Crippen molar-refractivity contribution in [1.82, 2.24) is 0 Å². The molecule has 18 heavy (non-hydrogen) atoms. The van der Waals surface area contributed by atoms with Gasteiger partial charge in [-0.3, -0.25) is 0 Å². The quantitative estimate of drug-likeness (QED) is 0.608. The molecule has 1 unspecified atom stereocenters. The lowest BCUT2D eigenvalue weighted by molar-refractivity contribution is -0.141. The zero-order valence-corrected chi connectivity index (χ0v) is 10.9. The molecule has 3 N–H and O–H groups in total. The van der Waals surface area contributed by atoms with E-state index in [-0.39, 0.29) is 5.97 Å². The predicted octanol–water partition coefficient (Wildman–Crippen LogP) is 1.26. The molecule has 0 aliphatic heterocycles. The van der Waals surface area contributed by atoms with Crippen LogP contribution >= 0.6 is 0 Å². The van der Waals surface area contributed by atoms with E-state index in [9.17, 15) is 4.79 Å². The van der Waals surface area contributed by atoms with Gasteiger partial charge in [0, 0.05) is 12.1 Å². The Morgan fingerprint density at radius 1 is 1.22 bits per heavy atom. The summed E-state index contributed by atoms with van der Waals surface area (Å²) in [5, 5.41) is 2.95. The van der Waals surface area contributed by atoms with Crippen molar-refractivity contribution in [1.29, 1.82) is 0 Å². The van der Waals surface area contributed by atoms with Crippen molar-refractivity contribution < 1.29 is 19.0 Å². The van der Waals surface area contributed by atoms with Crippen molar-refractivity contribution in [3.63, 3.8) is 0 Å². The van der Waals surface area contributed by atoms with E-state index in [1.807, 2.05) is 0 Å². The van der Waals surface area contributed by atoms with E-state index in [1.54, 1.807) is 19.1 Å². The summed E-state index contributed by atoms with van der Waals surface area (Å²) < 4.78 is 14.9. The Hall–Kier alpha value is -2.11. The summed E-state index contributed by atoms with van der Waals surface area (Å²) >= 11 is 0. The molecule has 6 heteroatoms. The molecule has 0 amide bonds. The maximum absolute atomic E-state index is 11.3. The van der Waals surface area contributed by atoms with Crippen LogP contribution in [0.2, 0.25) is 0 Å². The van der Waals surface area contributed by atoms with Gasteiger partial charge in [0.15, 0.2) is 11.5 Å². The molecule has 0 aromatic heterocycles. The van der Waals surface area contributed by atoms with Crippen LogP contribution in [0, 0.1) is 0 Å². The lowest BCUT2D eigenvalue weighted by Crippen LogP contribution is -2.27. The highest BCUT2D eigenvalue weighted by molar-refractivity contribution is 5.81. The lowest BCUT2D eigenvalue weighted by Gasteiger charge is -2.17. The molecule has 1 aromatic rings. The van der Waals surface area contributed by atoms with Gasteiger partial charge >= 0.3 is 5.97 Å². The smallest absolute Gasteiger partial charge is 0.327 e. The first-order chi connectivity index (χ1) is 8.53. The van der Waals surface area contributed by atoms with E-state index < -0.39 is 6.04 Å². The van der Waals surface area contributed by atoms with Crippen molar-refractivity contribution in [2.45, 2.75) is 13.0 Å². The number of ether oxygens (including phenoxy) is 3. The maximum Gasteiger partial charge on any atom is 0.327 e. The number of anilines is 2. The van der Waals surface area contributed by atoms with Gasteiger partial charge in [-0.1, -0.05) is 0 Å². The number of methoxy groups -OCH3 is 3. The number of carbonyl (C=O) groups excluding carboxylic acids is 1. The average molecular weight is 254 g/mol. The summed E-state index contributed by atoms with van der Waals surface area (Å²) in [6.45, 7) is 1.68. The summed E-state index contributed by atoms with van der Waals surface area (Å²) in [5.74, 6) is 0.696. The minimum atomic E-state index is -0.504. The number of nitrogens with two attached hydrogens (primary N) is 1. The highest BCUT2D eigenvalue weighted by Crippen LogP contribution is 2.35. The Balaban J connectivity index is 2.99. The van der Waals surface area contributed by atoms with Crippen LogP contribution in [0.25, 0.3) is 0 Å². The van der Waals surface area contributed by atoms with Gasteiger partial charge in [0.1, 0.15) is 6.04 Å². The van der Waals surface area contributed by atoms with Crippen LogP contribution < -0.4 is 20.5 Å². The molecule has 0 spiro atoms. The second-order valence-corrected chi connectivity index (χ2v) is 3.68. The van der Waals surface area contributed by atoms with Gasteiger partial charge in [-0.2, -0.15) is 0 Å².